The minimum absolute atomic E-state index is 0.0928. The third-order valence-corrected chi connectivity index (χ3v) is 4.12. The van der Waals surface area contributed by atoms with Crippen LogP contribution in [0.3, 0.4) is 0 Å². The molecule has 21 heavy (non-hydrogen) atoms. The van der Waals surface area contributed by atoms with Crippen molar-refractivity contribution in [3.63, 3.8) is 0 Å². The SMILES string of the molecule is CCOC(=O)C12CCNC1CCN(C(=O)OC(C)(C)C)C2. The molecule has 0 bridgehead atoms. The maximum absolute atomic E-state index is 12.4. The van der Waals surface area contributed by atoms with Crippen LogP contribution in [0, 0.1) is 5.41 Å². The molecular formula is C15H26N2O4. The molecule has 0 aromatic rings. The molecule has 120 valence electrons. The van der Waals surface area contributed by atoms with Gasteiger partial charge in [0.25, 0.3) is 0 Å². The molecule has 2 unspecified atom stereocenters. The number of hydrogen-bond acceptors (Lipinski definition) is 5. The Morgan fingerprint density at radius 3 is 2.71 bits per heavy atom. The summed E-state index contributed by atoms with van der Waals surface area (Å²) in [6, 6.07) is 0.0928. The summed E-state index contributed by atoms with van der Waals surface area (Å²) in [6.45, 7) is 9.46. The van der Waals surface area contributed by atoms with Gasteiger partial charge in [-0.05, 0) is 47.1 Å². The van der Waals surface area contributed by atoms with Crippen LogP contribution in [0.25, 0.3) is 0 Å². The molecule has 0 radical (unpaired) electrons. The maximum atomic E-state index is 12.4. The first-order valence-corrected chi connectivity index (χ1v) is 7.67. The van der Waals surface area contributed by atoms with E-state index in [0.29, 0.717) is 26.1 Å². The number of nitrogens with one attached hydrogen (secondary N) is 1. The number of piperidine rings is 1. The third-order valence-electron chi connectivity index (χ3n) is 4.12. The van der Waals surface area contributed by atoms with Gasteiger partial charge >= 0.3 is 12.1 Å². The Kier molecular flexibility index (Phi) is 4.46. The van der Waals surface area contributed by atoms with Gasteiger partial charge in [0.1, 0.15) is 11.0 Å². The molecule has 2 rings (SSSR count). The van der Waals surface area contributed by atoms with Crippen LogP contribution in [0.15, 0.2) is 0 Å². The fourth-order valence-electron chi connectivity index (χ4n) is 3.18. The van der Waals surface area contributed by atoms with Gasteiger partial charge in [-0.1, -0.05) is 0 Å². The second-order valence-corrected chi connectivity index (χ2v) is 6.82. The number of nitrogens with zero attached hydrogens (tertiary/aromatic N) is 1. The maximum Gasteiger partial charge on any atom is 0.410 e. The lowest BCUT2D eigenvalue weighted by atomic mass is 9.76. The van der Waals surface area contributed by atoms with E-state index in [-0.39, 0.29) is 18.1 Å². The Morgan fingerprint density at radius 2 is 2.10 bits per heavy atom. The summed E-state index contributed by atoms with van der Waals surface area (Å²) in [5, 5.41) is 3.37. The fourth-order valence-corrected chi connectivity index (χ4v) is 3.18. The molecule has 1 amide bonds. The van der Waals surface area contributed by atoms with Crippen LogP contribution in [0.2, 0.25) is 0 Å². The highest BCUT2D eigenvalue weighted by Crippen LogP contribution is 2.39. The Bertz CT molecular complexity index is 418. The average Bonchev–Trinajstić information content (AvgIpc) is 2.80. The second kappa shape index (κ2) is 5.83. The van der Waals surface area contributed by atoms with Crippen LogP contribution >= 0.6 is 0 Å². The normalized spacial score (nSPS) is 29.0. The smallest absolute Gasteiger partial charge is 0.410 e. The topological polar surface area (TPSA) is 67.9 Å². The van der Waals surface area contributed by atoms with Crippen molar-refractivity contribution >= 4 is 12.1 Å². The van der Waals surface area contributed by atoms with Crippen molar-refractivity contribution in [3.05, 3.63) is 0 Å². The standard InChI is InChI=1S/C15H26N2O4/c1-5-20-12(18)15-7-8-16-11(15)6-9-17(10-15)13(19)21-14(2,3)4/h11,16H,5-10H2,1-4H3. The van der Waals surface area contributed by atoms with E-state index < -0.39 is 11.0 Å². The molecule has 0 aromatic carbocycles. The average molecular weight is 298 g/mol. The molecule has 0 aromatic heterocycles. The summed E-state index contributed by atoms with van der Waals surface area (Å²) < 4.78 is 10.7. The summed E-state index contributed by atoms with van der Waals surface area (Å²) in [5.74, 6) is -0.201. The Hall–Kier alpha value is -1.30. The number of esters is 1. The number of amides is 1. The van der Waals surface area contributed by atoms with Crippen LogP contribution in [-0.4, -0.2) is 54.8 Å². The van der Waals surface area contributed by atoms with Gasteiger partial charge in [-0.25, -0.2) is 4.79 Å². The molecular weight excluding hydrogens is 272 g/mol. The first kappa shape index (κ1) is 16.1. The molecule has 0 saturated carbocycles. The molecule has 0 aliphatic carbocycles. The number of fused-ring (bicyclic) bond motifs is 1. The zero-order chi connectivity index (χ0) is 15.7. The van der Waals surface area contributed by atoms with Crippen molar-refractivity contribution < 1.29 is 19.1 Å². The zero-order valence-corrected chi connectivity index (χ0v) is 13.4. The van der Waals surface area contributed by atoms with Crippen molar-refractivity contribution in [3.8, 4) is 0 Å². The van der Waals surface area contributed by atoms with Crippen LogP contribution in [-0.2, 0) is 14.3 Å². The third kappa shape index (κ3) is 3.31. The quantitative estimate of drug-likeness (QED) is 0.783. The van der Waals surface area contributed by atoms with Crippen LogP contribution in [0.4, 0.5) is 4.79 Å². The van der Waals surface area contributed by atoms with Crippen LogP contribution < -0.4 is 5.32 Å². The minimum atomic E-state index is -0.620. The highest BCUT2D eigenvalue weighted by atomic mass is 16.6. The number of ether oxygens (including phenoxy) is 2. The lowest BCUT2D eigenvalue weighted by Gasteiger charge is -2.42. The highest BCUT2D eigenvalue weighted by molar-refractivity contribution is 5.80. The molecule has 2 heterocycles. The highest BCUT2D eigenvalue weighted by Gasteiger charge is 2.54. The van der Waals surface area contributed by atoms with E-state index >= 15 is 0 Å². The van der Waals surface area contributed by atoms with E-state index in [9.17, 15) is 9.59 Å². The summed E-state index contributed by atoms with van der Waals surface area (Å²) in [4.78, 5) is 26.3. The Morgan fingerprint density at radius 1 is 1.38 bits per heavy atom. The minimum Gasteiger partial charge on any atom is -0.465 e. The van der Waals surface area contributed by atoms with Crippen molar-refractivity contribution in [2.24, 2.45) is 5.41 Å². The summed E-state index contributed by atoms with van der Waals surface area (Å²) in [6.07, 6.45) is 1.10. The number of hydrogen-bond donors (Lipinski definition) is 1. The predicted octanol–water partition coefficient (Wildman–Crippen LogP) is 1.54. The van der Waals surface area contributed by atoms with Gasteiger partial charge < -0.3 is 19.7 Å². The van der Waals surface area contributed by atoms with Gasteiger partial charge in [0, 0.05) is 19.1 Å². The first-order chi connectivity index (χ1) is 9.78. The summed E-state index contributed by atoms with van der Waals surface area (Å²) in [7, 11) is 0. The van der Waals surface area contributed by atoms with Crippen molar-refractivity contribution in [2.45, 2.75) is 52.2 Å². The van der Waals surface area contributed by atoms with E-state index in [2.05, 4.69) is 5.32 Å². The lowest BCUT2D eigenvalue weighted by molar-refractivity contribution is -0.159. The van der Waals surface area contributed by atoms with Crippen molar-refractivity contribution in [1.29, 1.82) is 0 Å². The van der Waals surface area contributed by atoms with Gasteiger partial charge in [0.2, 0.25) is 0 Å². The number of rotatable bonds is 2. The van der Waals surface area contributed by atoms with Gasteiger partial charge in [0.15, 0.2) is 0 Å². The van der Waals surface area contributed by atoms with Gasteiger partial charge in [-0.15, -0.1) is 0 Å². The van der Waals surface area contributed by atoms with Crippen molar-refractivity contribution in [2.75, 3.05) is 26.2 Å². The fraction of sp³-hybridized carbons (Fsp3) is 0.867. The predicted molar refractivity (Wildman–Crippen MR) is 77.9 cm³/mol. The van der Waals surface area contributed by atoms with Gasteiger partial charge in [-0.2, -0.15) is 0 Å². The monoisotopic (exact) mass is 298 g/mol. The molecule has 6 heteroatoms. The molecule has 6 nitrogen and oxygen atoms in total. The lowest BCUT2D eigenvalue weighted by Crippen LogP contribution is -2.58. The molecule has 2 fully saturated rings. The largest absolute Gasteiger partial charge is 0.465 e. The van der Waals surface area contributed by atoms with E-state index in [1.165, 1.54) is 0 Å². The van der Waals surface area contributed by atoms with Crippen LogP contribution in [0.1, 0.15) is 40.5 Å². The first-order valence-electron chi connectivity index (χ1n) is 7.67. The number of carbonyl (C=O) groups is 2. The summed E-state index contributed by atoms with van der Waals surface area (Å²) in [5.41, 5.74) is -1.15. The Labute approximate surface area is 126 Å². The van der Waals surface area contributed by atoms with Crippen molar-refractivity contribution in [1.82, 2.24) is 10.2 Å². The zero-order valence-electron chi connectivity index (χ0n) is 13.4. The molecule has 2 aliphatic rings. The molecule has 1 N–H and O–H groups in total. The van der Waals surface area contributed by atoms with Gasteiger partial charge in [-0.3, -0.25) is 4.79 Å². The van der Waals surface area contributed by atoms with Crippen LogP contribution in [0.5, 0.6) is 0 Å². The second-order valence-electron chi connectivity index (χ2n) is 6.82. The van der Waals surface area contributed by atoms with E-state index in [1.807, 2.05) is 20.8 Å². The molecule has 2 atom stereocenters. The summed E-state index contributed by atoms with van der Waals surface area (Å²) >= 11 is 0. The molecule has 2 saturated heterocycles. The Balaban J connectivity index is 2.12. The van der Waals surface area contributed by atoms with E-state index in [1.54, 1.807) is 11.8 Å². The molecule has 0 spiro atoms. The number of carbonyl (C=O) groups excluding carboxylic acids is 2. The van der Waals surface area contributed by atoms with Gasteiger partial charge in [0.05, 0.1) is 6.61 Å². The van der Waals surface area contributed by atoms with E-state index in [0.717, 1.165) is 13.0 Å². The molecule has 2 aliphatic heterocycles. The van der Waals surface area contributed by atoms with E-state index in [4.69, 9.17) is 9.47 Å². The number of likely N-dealkylation sites (tertiary alicyclic amines) is 1.